The van der Waals surface area contributed by atoms with E-state index in [1.165, 1.54) is 5.06 Å². The fourth-order valence-electron chi connectivity index (χ4n) is 3.44. The zero-order chi connectivity index (χ0) is 19.2. The Morgan fingerprint density at radius 2 is 2.11 bits per heavy atom. The van der Waals surface area contributed by atoms with Crippen LogP contribution in [-0.4, -0.2) is 68.3 Å². The summed E-state index contributed by atoms with van der Waals surface area (Å²) in [5, 5.41) is 4.26. The average Bonchev–Trinajstić information content (AvgIpc) is 2.71. The Bertz CT molecular complexity index is 675. The maximum absolute atomic E-state index is 12.6. The molecule has 27 heavy (non-hydrogen) atoms. The van der Waals surface area contributed by atoms with Gasteiger partial charge in [0.1, 0.15) is 11.5 Å². The van der Waals surface area contributed by atoms with E-state index in [-0.39, 0.29) is 18.2 Å². The maximum atomic E-state index is 12.6. The smallest absolute Gasteiger partial charge is 0.248 e. The third-order valence-electron chi connectivity index (χ3n) is 4.96. The molecule has 0 bridgehead atoms. The Balaban J connectivity index is 1.72. The first-order chi connectivity index (χ1) is 13.1. The van der Waals surface area contributed by atoms with Crippen LogP contribution in [0.4, 0.5) is 0 Å². The number of nitrogens with zero attached hydrogens (tertiary/aromatic N) is 2. The van der Waals surface area contributed by atoms with Gasteiger partial charge in [0, 0.05) is 37.8 Å². The normalized spacial score (nSPS) is 20.9. The molecule has 3 rings (SSSR count). The Morgan fingerprint density at radius 3 is 2.81 bits per heavy atom. The van der Waals surface area contributed by atoms with E-state index < -0.39 is 6.04 Å². The first-order valence-electron chi connectivity index (χ1n) is 9.28. The molecule has 8 heteroatoms. The molecule has 1 aromatic rings. The van der Waals surface area contributed by atoms with E-state index in [9.17, 15) is 9.59 Å². The molecule has 1 atom stereocenters. The lowest BCUT2D eigenvalue weighted by Gasteiger charge is -2.36. The van der Waals surface area contributed by atoms with Gasteiger partial charge in [-0.05, 0) is 18.9 Å². The molecular weight excluding hydrogens is 350 g/mol. The van der Waals surface area contributed by atoms with Crippen LogP contribution in [0, 0.1) is 0 Å². The van der Waals surface area contributed by atoms with Crippen molar-refractivity contribution in [2.24, 2.45) is 0 Å². The summed E-state index contributed by atoms with van der Waals surface area (Å²) in [5.41, 5.74) is 0.944. The maximum Gasteiger partial charge on any atom is 0.248 e. The predicted molar refractivity (Wildman–Crippen MR) is 98.3 cm³/mol. The number of nitrogens with one attached hydrogen (secondary N) is 1. The standard InChI is InChI=1S/C19H27N3O5/c1-25-15-6-5-14(17(11-15)26-2)13-21-9-7-20-19(24)16(21)12-18(23)22-8-3-4-10-27-22/h5-6,11,16H,3-4,7-10,12-13H2,1-2H3,(H,20,24)/t16-/m1/s1. The number of methoxy groups -OCH3 is 2. The van der Waals surface area contributed by atoms with Gasteiger partial charge in [0.05, 0.1) is 33.3 Å². The van der Waals surface area contributed by atoms with Crippen molar-refractivity contribution in [3.05, 3.63) is 23.8 Å². The number of ether oxygens (including phenoxy) is 2. The number of hydrogen-bond acceptors (Lipinski definition) is 6. The molecule has 2 fully saturated rings. The highest BCUT2D eigenvalue weighted by Gasteiger charge is 2.34. The Labute approximate surface area is 159 Å². The van der Waals surface area contributed by atoms with E-state index in [4.69, 9.17) is 14.3 Å². The molecule has 0 saturated carbocycles. The van der Waals surface area contributed by atoms with Crippen LogP contribution in [-0.2, 0) is 21.0 Å². The number of carbonyl (C=O) groups is 2. The van der Waals surface area contributed by atoms with Gasteiger partial charge in [-0.1, -0.05) is 6.07 Å². The summed E-state index contributed by atoms with van der Waals surface area (Å²) in [6.07, 6.45) is 1.98. The lowest BCUT2D eigenvalue weighted by molar-refractivity contribution is -0.198. The summed E-state index contributed by atoms with van der Waals surface area (Å²) in [5.74, 6) is 1.13. The molecule has 2 aliphatic heterocycles. The summed E-state index contributed by atoms with van der Waals surface area (Å²) in [7, 11) is 3.21. The van der Waals surface area contributed by atoms with E-state index in [0.29, 0.717) is 44.3 Å². The molecule has 8 nitrogen and oxygen atoms in total. The molecule has 148 valence electrons. The van der Waals surface area contributed by atoms with E-state index in [1.807, 2.05) is 23.1 Å². The number of hydrogen-bond donors (Lipinski definition) is 1. The van der Waals surface area contributed by atoms with Crippen molar-refractivity contribution < 1.29 is 23.9 Å². The largest absolute Gasteiger partial charge is 0.497 e. The van der Waals surface area contributed by atoms with Crippen LogP contribution in [0.25, 0.3) is 0 Å². The minimum atomic E-state index is -0.524. The number of benzene rings is 1. The molecule has 0 aliphatic carbocycles. The quantitative estimate of drug-likeness (QED) is 0.795. The van der Waals surface area contributed by atoms with E-state index in [0.717, 1.165) is 18.4 Å². The minimum Gasteiger partial charge on any atom is -0.497 e. The first-order valence-corrected chi connectivity index (χ1v) is 9.28. The number of carbonyl (C=O) groups excluding carboxylic acids is 2. The van der Waals surface area contributed by atoms with Crippen molar-refractivity contribution in [2.45, 2.75) is 31.8 Å². The van der Waals surface area contributed by atoms with Gasteiger partial charge >= 0.3 is 0 Å². The molecule has 2 heterocycles. The second kappa shape index (κ2) is 9.05. The van der Waals surface area contributed by atoms with Gasteiger partial charge in [0.2, 0.25) is 11.8 Å². The lowest BCUT2D eigenvalue weighted by atomic mass is 10.1. The van der Waals surface area contributed by atoms with Crippen molar-refractivity contribution in [1.82, 2.24) is 15.3 Å². The van der Waals surface area contributed by atoms with Gasteiger partial charge in [0.15, 0.2) is 0 Å². The molecule has 2 amide bonds. The molecule has 2 saturated heterocycles. The van der Waals surface area contributed by atoms with E-state index in [1.54, 1.807) is 14.2 Å². The van der Waals surface area contributed by atoms with Crippen LogP contribution in [0.5, 0.6) is 11.5 Å². The van der Waals surface area contributed by atoms with Crippen molar-refractivity contribution in [2.75, 3.05) is 40.5 Å². The van der Waals surface area contributed by atoms with Crippen LogP contribution in [0.1, 0.15) is 24.8 Å². The third-order valence-corrected chi connectivity index (χ3v) is 4.96. The first kappa shape index (κ1) is 19.4. The van der Waals surface area contributed by atoms with Gasteiger partial charge < -0.3 is 14.8 Å². The number of piperazine rings is 1. The summed E-state index contributed by atoms with van der Waals surface area (Å²) in [6.45, 7) is 2.87. The zero-order valence-corrected chi connectivity index (χ0v) is 15.9. The van der Waals surface area contributed by atoms with Crippen LogP contribution in [0.2, 0.25) is 0 Å². The summed E-state index contributed by atoms with van der Waals surface area (Å²) < 4.78 is 10.7. The Kier molecular flexibility index (Phi) is 6.52. The van der Waals surface area contributed by atoms with Gasteiger partial charge in [-0.15, -0.1) is 0 Å². The van der Waals surface area contributed by atoms with Crippen LogP contribution in [0.15, 0.2) is 18.2 Å². The average molecular weight is 377 g/mol. The Hall–Kier alpha value is -2.32. The number of hydroxylamine groups is 2. The highest BCUT2D eigenvalue weighted by atomic mass is 16.7. The van der Waals surface area contributed by atoms with E-state index >= 15 is 0 Å². The molecule has 0 radical (unpaired) electrons. The molecule has 0 spiro atoms. The van der Waals surface area contributed by atoms with Gasteiger partial charge in [-0.25, -0.2) is 5.06 Å². The minimum absolute atomic E-state index is 0.101. The highest BCUT2D eigenvalue weighted by molar-refractivity contribution is 5.88. The molecular formula is C19H27N3O5. The molecule has 0 aromatic heterocycles. The summed E-state index contributed by atoms with van der Waals surface area (Å²) in [4.78, 5) is 32.5. The second-order valence-electron chi connectivity index (χ2n) is 6.70. The van der Waals surface area contributed by atoms with Crippen molar-refractivity contribution in [1.29, 1.82) is 0 Å². The highest BCUT2D eigenvalue weighted by Crippen LogP contribution is 2.27. The fourth-order valence-corrected chi connectivity index (χ4v) is 3.44. The van der Waals surface area contributed by atoms with Crippen molar-refractivity contribution in [3.8, 4) is 11.5 Å². The molecule has 2 aliphatic rings. The van der Waals surface area contributed by atoms with Gasteiger partial charge in [-0.3, -0.25) is 19.3 Å². The topological polar surface area (TPSA) is 80.3 Å². The van der Waals surface area contributed by atoms with Crippen molar-refractivity contribution in [3.63, 3.8) is 0 Å². The second-order valence-corrected chi connectivity index (χ2v) is 6.70. The Morgan fingerprint density at radius 1 is 1.26 bits per heavy atom. The number of rotatable bonds is 6. The van der Waals surface area contributed by atoms with Gasteiger partial charge in [0.25, 0.3) is 0 Å². The van der Waals surface area contributed by atoms with Crippen LogP contribution in [0.3, 0.4) is 0 Å². The summed E-state index contributed by atoms with van der Waals surface area (Å²) in [6, 6.07) is 5.09. The molecule has 1 aromatic carbocycles. The fraction of sp³-hybridized carbons (Fsp3) is 0.579. The van der Waals surface area contributed by atoms with Gasteiger partial charge in [-0.2, -0.15) is 0 Å². The lowest BCUT2D eigenvalue weighted by Crippen LogP contribution is -2.56. The molecule has 1 N–H and O–H groups in total. The van der Waals surface area contributed by atoms with Crippen molar-refractivity contribution >= 4 is 11.8 Å². The molecule has 0 unspecified atom stereocenters. The summed E-state index contributed by atoms with van der Waals surface area (Å²) >= 11 is 0. The predicted octanol–water partition coefficient (Wildman–Crippen LogP) is 0.948. The monoisotopic (exact) mass is 377 g/mol. The van der Waals surface area contributed by atoms with Crippen LogP contribution < -0.4 is 14.8 Å². The van der Waals surface area contributed by atoms with Crippen LogP contribution >= 0.6 is 0 Å². The third kappa shape index (κ3) is 4.70. The zero-order valence-electron chi connectivity index (χ0n) is 15.9. The number of amides is 2. The SMILES string of the molecule is COc1ccc(CN2CCNC(=O)[C@H]2CC(=O)N2CCCCO2)c(OC)c1. The van der Waals surface area contributed by atoms with E-state index in [2.05, 4.69) is 5.32 Å².